The molecule has 6 amide bonds. The fraction of sp³-hybridized carbons (Fsp3) is 0.729. The van der Waals surface area contributed by atoms with Gasteiger partial charge in [0.15, 0.2) is 0 Å². The van der Waals surface area contributed by atoms with Crippen LogP contribution < -0.4 is 10.6 Å². The van der Waals surface area contributed by atoms with Gasteiger partial charge in [0, 0.05) is 59.4 Å². The van der Waals surface area contributed by atoms with Crippen LogP contribution in [-0.2, 0) is 82.6 Å². The standard InChI is InChI=1S/C59H96N6O16S/c1-13-42(6)54(47(73-10)39-51(69)64-24-17-20-46(64)55(74-11)43(7)57(82)60-45(59(72)75-12)38-44-18-15-14-16-19-44)63(9)58(71)52(40(2)3)61-56(70)53(41(4)5)62(8)48(66)23-26-76-28-30-78-32-34-80-36-37-81-35-33-79-31-29-77-27-25-65-49(67)21-22-50(65)68/h14-16,18-19,21-22,40-43,45-47,52-55H,13,17,20,23-39H2,1-12H3,(H,60,82)(H,61,70)/t42-,43+,45-,46-,47+,52-,53-,54-,55+/m0/s1. The maximum absolute atomic E-state index is 14.7. The number of likely N-dealkylation sites (tertiary alicyclic amines) is 1. The zero-order valence-corrected chi connectivity index (χ0v) is 51.6. The van der Waals surface area contributed by atoms with E-state index in [-0.39, 0.29) is 98.5 Å². The summed E-state index contributed by atoms with van der Waals surface area (Å²) in [4.78, 5) is 99.2. The van der Waals surface area contributed by atoms with E-state index in [4.69, 9.17) is 54.8 Å². The van der Waals surface area contributed by atoms with Crippen LogP contribution in [0.15, 0.2) is 42.5 Å². The first-order valence-electron chi connectivity index (χ1n) is 28.8. The maximum Gasteiger partial charge on any atom is 0.328 e. The predicted octanol–water partition coefficient (Wildman–Crippen LogP) is 3.65. The average Bonchev–Trinajstić information content (AvgIpc) is 4.18. The molecule has 3 rings (SSSR count). The number of hydrogen-bond acceptors (Lipinski definition) is 17. The molecular formula is C59H96N6O16S. The third kappa shape index (κ3) is 23.2. The smallest absolute Gasteiger partial charge is 0.328 e. The second-order valence-electron chi connectivity index (χ2n) is 21.4. The van der Waals surface area contributed by atoms with E-state index in [1.807, 2.05) is 83.7 Å². The van der Waals surface area contributed by atoms with Crippen molar-refractivity contribution in [1.29, 1.82) is 0 Å². The molecule has 23 heteroatoms. The van der Waals surface area contributed by atoms with Crippen molar-refractivity contribution in [2.24, 2.45) is 23.7 Å². The fourth-order valence-electron chi connectivity index (χ4n) is 10.2. The Morgan fingerprint density at radius 3 is 1.73 bits per heavy atom. The second-order valence-corrected chi connectivity index (χ2v) is 21.8. The summed E-state index contributed by atoms with van der Waals surface area (Å²) >= 11 is 5.89. The van der Waals surface area contributed by atoms with Crippen molar-refractivity contribution in [2.75, 3.05) is 128 Å². The molecule has 9 atom stereocenters. The molecule has 0 aliphatic carbocycles. The van der Waals surface area contributed by atoms with Crippen LogP contribution in [0, 0.1) is 23.7 Å². The number of thiocarbonyl (C=S) groups is 1. The Morgan fingerprint density at radius 1 is 0.707 bits per heavy atom. The van der Waals surface area contributed by atoms with E-state index in [0.29, 0.717) is 90.3 Å². The molecule has 0 radical (unpaired) electrons. The van der Waals surface area contributed by atoms with Crippen LogP contribution in [0.25, 0.3) is 0 Å². The van der Waals surface area contributed by atoms with Gasteiger partial charge in [0.2, 0.25) is 23.6 Å². The molecule has 464 valence electrons. The summed E-state index contributed by atoms with van der Waals surface area (Å²) in [5.74, 6) is -3.48. The minimum Gasteiger partial charge on any atom is -0.467 e. The highest BCUT2D eigenvalue weighted by molar-refractivity contribution is 7.80. The molecule has 0 aromatic heterocycles. The van der Waals surface area contributed by atoms with Gasteiger partial charge in [0.05, 0.1) is 135 Å². The number of esters is 1. The van der Waals surface area contributed by atoms with Crippen molar-refractivity contribution in [3.05, 3.63) is 48.0 Å². The van der Waals surface area contributed by atoms with Crippen molar-refractivity contribution in [2.45, 2.75) is 129 Å². The molecule has 1 saturated heterocycles. The van der Waals surface area contributed by atoms with Crippen LogP contribution >= 0.6 is 12.2 Å². The first-order chi connectivity index (χ1) is 39.2. The summed E-state index contributed by atoms with van der Waals surface area (Å²) < 4.78 is 50.5. The lowest BCUT2D eigenvalue weighted by Crippen LogP contribution is -2.60. The number of rotatable bonds is 42. The Bertz CT molecular complexity index is 2140. The number of methoxy groups -OCH3 is 3. The highest BCUT2D eigenvalue weighted by Gasteiger charge is 2.43. The van der Waals surface area contributed by atoms with Gasteiger partial charge in [-0.05, 0) is 36.2 Å². The van der Waals surface area contributed by atoms with Crippen molar-refractivity contribution in [1.82, 2.24) is 30.2 Å². The van der Waals surface area contributed by atoms with E-state index < -0.39 is 48.3 Å². The highest BCUT2D eigenvalue weighted by Crippen LogP contribution is 2.30. The lowest BCUT2D eigenvalue weighted by Gasteiger charge is -2.41. The summed E-state index contributed by atoms with van der Waals surface area (Å²) in [6, 6.07) is 6.16. The van der Waals surface area contributed by atoms with Crippen LogP contribution in [0.3, 0.4) is 0 Å². The van der Waals surface area contributed by atoms with Gasteiger partial charge in [-0.2, -0.15) is 0 Å². The summed E-state index contributed by atoms with van der Waals surface area (Å²) in [6.45, 7) is 17.9. The summed E-state index contributed by atoms with van der Waals surface area (Å²) in [7, 11) is 7.75. The Kier molecular flexibility index (Phi) is 33.7. The highest BCUT2D eigenvalue weighted by atomic mass is 32.1. The normalized spacial score (nSPS) is 17.3. The van der Waals surface area contributed by atoms with Crippen LogP contribution in [0.5, 0.6) is 0 Å². The van der Waals surface area contributed by atoms with Gasteiger partial charge in [-0.25, -0.2) is 4.79 Å². The van der Waals surface area contributed by atoms with Gasteiger partial charge < -0.3 is 68.0 Å². The number of benzene rings is 1. The molecule has 0 saturated carbocycles. The summed E-state index contributed by atoms with van der Waals surface area (Å²) in [5.41, 5.74) is 0.943. The zero-order chi connectivity index (χ0) is 60.7. The minimum absolute atomic E-state index is 0.0189. The third-order valence-corrected chi connectivity index (χ3v) is 15.5. The monoisotopic (exact) mass is 1180 g/mol. The van der Waals surface area contributed by atoms with Crippen molar-refractivity contribution in [3.63, 3.8) is 0 Å². The minimum atomic E-state index is -0.955. The van der Waals surface area contributed by atoms with E-state index >= 15 is 0 Å². The van der Waals surface area contributed by atoms with Crippen molar-refractivity contribution >= 4 is 58.6 Å². The first-order valence-corrected chi connectivity index (χ1v) is 29.2. The van der Waals surface area contributed by atoms with E-state index in [1.54, 1.807) is 33.2 Å². The summed E-state index contributed by atoms with van der Waals surface area (Å²) in [5, 5.41) is 6.22. The summed E-state index contributed by atoms with van der Waals surface area (Å²) in [6.07, 6.45) is 3.76. The number of nitrogens with one attached hydrogen (secondary N) is 2. The predicted molar refractivity (Wildman–Crippen MR) is 311 cm³/mol. The largest absolute Gasteiger partial charge is 0.467 e. The second kappa shape index (κ2) is 38.8. The van der Waals surface area contributed by atoms with Gasteiger partial charge in [0.1, 0.15) is 18.1 Å². The Labute approximate surface area is 492 Å². The topological polar surface area (TPSA) is 240 Å². The maximum atomic E-state index is 14.7. The molecule has 2 aliphatic heterocycles. The molecule has 0 bridgehead atoms. The average molecular weight is 1180 g/mol. The van der Waals surface area contributed by atoms with Gasteiger partial charge >= 0.3 is 5.97 Å². The van der Waals surface area contributed by atoms with Crippen LogP contribution in [0.2, 0.25) is 0 Å². The number of carbonyl (C=O) groups excluding carboxylic acids is 7. The number of imide groups is 1. The fourth-order valence-corrected chi connectivity index (χ4v) is 10.5. The molecule has 2 heterocycles. The lowest BCUT2D eigenvalue weighted by molar-refractivity contribution is -0.148. The number of ether oxygens (including phenoxy) is 9. The van der Waals surface area contributed by atoms with Crippen molar-refractivity contribution < 1.29 is 76.2 Å². The van der Waals surface area contributed by atoms with Crippen molar-refractivity contribution in [3.8, 4) is 0 Å². The van der Waals surface area contributed by atoms with Crippen LogP contribution in [0.4, 0.5) is 0 Å². The third-order valence-electron chi connectivity index (χ3n) is 15.0. The van der Waals surface area contributed by atoms with E-state index in [9.17, 15) is 33.6 Å². The number of carbonyl (C=O) groups is 7. The molecule has 2 aliphatic rings. The first kappa shape index (κ1) is 71.3. The van der Waals surface area contributed by atoms with E-state index in [0.717, 1.165) is 16.9 Å². The van der Waals surface area contributed by atoms with Gasteiger partial charge in [-0.15, -0.1) is 0 Å². The SMILES string of the molecule is CC[C@H](C)[C@@H]([C@@H](CC(=O)N1CCC[C@H]1[C@H](OC)[C@@H](C)C(=S)N[C@@H](Cc1ccccc1)C(=O)OC)OC)N(C)C(=O)[C@@H](NC(=O)[C@H](C(C)C)N(C)C(=O)CCOCCOCCOCCOCCOCCOCCN1C(=O)C=CC1=O)C(C)C. The molecular weight excluding hydrogens is 1080 g/mol. The quantitative estimate of drug-likeness (QED) is 0.0411. The number of nitrogens with zero attached hydrogens (tertiary/aromatic N) is 4. The molecule has 22 nitrogen and oxygen atoms in total. The molecule has 0 unspecified atom stereocenters. The van der Waals surface area contributed by atoms with Gasteiger partial charge in [-0.1, -0.05) is 97.4 Å². The van der Waals surface area contributed by atoms with Crippen LogP contribution in [-0.4, -0.2) is 236 Å². The molecule has 0 spiro atoms. The van der Waals surface area contributed by atoms with Gasteiger partial charge in [0.25, 0.3) is 11.8 Å². The van der Waals surface area contributed by atoms with Gasteiger partial charge in [-0.3, -0.25) is 33.7 Å². The van der Waals surface area contributed by atoms with E-state index in [2.05, 4.69) is 10.6 Å². The lowest BCUT2D eigenvalue weighted by atomic mass is 9.89. The van der Waals surface area contributed by atoms with Crippen LogP contribution in [0.1, 0.15) is 86.1 Å². The van der Waals surface area contributed by atoms with E-state index in [1.165, 1.54) is 24.2 Å². The Balaban J connectivity index is 1.45. The molecule has 82 heavy (non-hydrogen) atoms. The Morgan fingerprint density at radius 2 is 1.24 bits per heavy atom. The number of hydrogen-bond donors (Lipinski definition) is 2. The number of likely N-dealkylation sites (N-methyl/N-ethyl adjacent to an activating group) is 2. The molecule has 1 aromatic rings. The zero-order valence-electron chi connectivity index (χ0n) is 50.8. The number of amides is 6. The molecule has 2 N–H and O–H groups in total. The molecule has 1 aromatic carbocycles. The Hall–Kier alpha value is -4.98. The molecule has 1 fully saturated rings.